The van der Waals surface area contributed by atoms with Crippen molar-refractivity contribution in [2.75, 3.05) is 0 Å². The fraction of sp³-hybridized carbons (Fsp3) is 0. The van der Waals surface area contributed by atoms with Gasteiger partial charge < -0.3 is 15.8 Å². The number of rotatable bonds is 4. The summed E-state index contributed by atoms with van der Waals surface area (Å²) in [4.78, 5) is 46.6. The number of nitrogens with zero attached hydrogens (tertiary/aromatic N) is 3. The van der Waals surface area contributed by atoms with E-state index in [4.69, 9.17) is 10.8 Å². The van der Waals surface area contributed by atoms with E-state index in [2.05, 4.69) is 15.0 Å². The van der Waals surface area contributed by atoms with E-state index in [9.17, 15) is 14.4 Å². The van der Waals surface area contributed by atoms with E-state index in [-0.39, 0.29) is 28.2 Å². The van der Waals surface area contributed by atoms with Gasteiger partial charge in [-0.25, -0.2) is 24.1 Å². The lowest BCUT2D eigenvalue weighted by Crippen LogP contribution is -2.15. The molecule has 4 rings (SSSR count). The topological polar surface area (TPSA) is 144 Å². The van der Waals surface area contributed by atoms with Gasteiger partial charge in [0.15, 0.2) is 17.2 Å². The molecule has 0 radical (unpaired) electrons. The second-order valence-electron chi connectivity index (χ2n) is 5.94. The van der Waals surface area contributed by atoms with Crippen molar-refractivity contribution in [2.24, 2.45) is 5.73 Å². The molecule has 1 amide bonds. The van der Waals surface area contributed by atoms with E-state index in [1.165, 1.54) is 28.8 Å². The number of aromatic amines is 1. The SMILES string of the molecule is NC(=O)c1nc(-c2ccc(C(=O)O)cc2)nc2c1[nH]c(=O)n2-c1ccccc1. The Bertz CT molecular complexity index is 1270. The van der Waals surface area contributed by atoms with Crippen LogP contribution in [-0.4, -0.2) is 36.5 Å². The molecule has 9 nitrogen and oxygen atoms in total. The number of benzene rings is 2. The first kappa shape index (κ1) is 17.2. The van der Waals surface area contributed by atoms with Crippen molar-refractivity contribution in [1.29, 1.82) is 0 Å². The Morgan fingerprint density at radius 3 is 2.29 bits per heavy atom. The number of nitrogens with two attached hydrogens (primary N) is 1. The second-order valence-corrected chi connectivity index (χ2v) is 5.94. The molecule has 0 atom stereocenters. The number of nitrogens with one attached hydrogen (secondary N) is 1. The van der Waals surface area contributed by atoms with E-state index >= 15 is 0 Å². The molecule has 2 aromatic carbocycles. The summed E-state index contributed by atoms with van der Waals surface area (Å²) in [6.07, 6.45) is 0. The average molecular weight is 375 g/mol. The van der Waals surface area contributed by atoms with Gasteiger partial charge in [0, 0.05) is 5.56 Å². The number of H-pyrrole nitrogens is 1. The highest BCUT2D eigenvalue weighted by Gasteiger charge is 2.20. The standard InChI is InChI=1S/C19H13N5O4/c20-15(25)13-14-17(24(19(28)22-14)12-4-2-1-3-5-12)23-16(21-13)10-6-8-11(9-7-10)18(26)27/h1-9H,(H2,20,25)(H,22,28)(H,26,27). The van der Waals surface area contributed by atoms with Gasteiger partial charge in [-0.15, -0.1) is 0 Å². The molecule has 28 heavy (non-hydrogen) atoms. The van der Waals surface area contributed by atoms with Gasteiger partial charge in [-0.1, -0.05) is 30.3 Å². The Morgan fingerprint density at radius 1 is 1.00 bits per heavy atom. The molecule has 0 bridgehead atoms. The molecule has 4 N–H and O–H groups in total. The van der Waals surface area contributed by atoms with E-state index in [1.54, 1.807) is 24.3 Å². The lowest BCUT2D eigenvalue weighted by molar-refractivity contribution is 0.0696. The van der Waals surface area contributed by atoms with Crippen LogP contribution >= 0.6 is 0 Å². The first-order valence-electron chi connectivity index (χ1n) is 8.17. The van der Waals surface area contributed by atoms with Gasteiger partial charge in [0.05, 0.1) is 11.3 Å². The zero-order valence-electron chi connectivity index (χ0n) is 14.3. The van der Waals surface area contributed by atoms with Crippen LogP contribution in [-0.2, 0) is 0 Å². The molecule has 138 valence electrons. The lowest BCUT2D eigenvalue weighted by atomic mass is 10.1. The molecular weight excluding hydrogens is 362 g/mol. The van der Waals surface area contributed by atoms with Gasteiger partial charge in [-0.05, 0) is 24.3 Å². The minimum absolute atomic E-state index is 0.0998. The van der Waals surface area contributed by atoms with Gasteiger partial charge in [0.1, 0.15) is 5.52 Å². The maximum absolute atomic E-state index is 12.5. The number of amides is 1. The Hall–Kier alpha value is -4.27. The molecule has 0 spiro atoms. The minimum Gasteiger partial charge on any atom is -0.478 e. The summed E-state index contributed by atoms with van der Waals surface area (Å²) in [5, 5.41) is 9.04. The van der Waals surface area contributed by atoms with Gasteiger partial charge >= 0.3 is 11.7 Å². The Labute approximate surface area is 157 Å². The van der Waals surface area contributed by atoms with Gasteiger partial charge in [0.2, 0.25) is 0 Å². The number of aromatic nitrogens is 4. The molecule has 0 unspecified atom stereocenters. The summed E-state index contributed by atoms with van der Waals surface area (Å²) in [5.41, 5.74) is 6.28. The number of fused-ring (bicyclic) bond motifs is 1. The average Bonchev–Trinajstić information content (AvgIpc) is 3.03. The molecule has 2 heterocycles. The van der Waals surface area contributed by atoms with Crippen LogP contribution in [0.3, 0.4) is 0 Å². The van der Waals surface area contributed by atoms with Crippen molar-refractivity contribution in [2.45, 2.75) is 0 Å². The zero-order valence-corrected chi connectivity index (χ0v) is 14.3. The number of carboxylic acids is 1. The first-order chi connectivity index (χ1) is 13.5. The lowest BCUT2D eigenvalue weighted by Gasteiger charge is -2.06. The van der Waals surface area contributed by atoms with Crippen molar-refractivity contribution in [3.05, 3.63) is 76.3 Å². The number of hydrogen-bond donors (Lipinski definition) is 3. The van der Waals surface area contributed by atoms with Gasteiger partial charge in [0.25, 0.3) is 5.91 Å². The third kappa shape index (κ3) is 2.80. The number of carbonyl (C=O) groups is 2. The molecule has 0 aliphatic rings. The zero-order chi connectivity index (χ0) is 19.8. The van der Waals surface area contributed by atoms with Crippen molar-refractivity contribution in [1.82, 2.24) is 19.5 Å². The number of para-hydroxylation sites is 1. The number of carbonyl (C=O) groups excluding carboxylic acids is 1. The van der Waals surface area contributed by atoms with Crippen LogP contribution in [0.2, 0.25) is 0 Å². The van der Waals surface area contributed by atoms with Gasteiger partial charge in [-0.2, -0.15) is 0 Å². The van der Waals surface area contributed by atoms with Crippen LogP contribution in [0.1, 0.15) is 20.8 Å². The Kier molecular flexibility index (Phi) is 3.96. The maximum atomic E-state index is 12.5. The van der Waals surface area contributed by atoms with Crippen molar-refractivity contribution in [3.8, 4) is 17.1 Å². The Morgan fingerprint density at radius 2 is 1.68 bits per heavy atom. The van der Waals surface area contributed by atoms with Crippen LogP contribution in [0.25, 0.3) is 28.2 Å². The van der Waals surface area contributed by atoms with E-state index in [1.807, 2.05) is 6.07 Å². The summed E-state index contributed by atoms with van der Waals surface area (Å²) in [5.74, 6) is -1.75. The molecule has 0 fully saturated rings. The third-order valence-corrected chi connectivity index (χ3v) is 4.17. The Balaban J connectivity index is 2.00. The van der Waals surface area contributed by atoms with Crippen molar-refractivity contribution < 1.29 is 14.7 Å². The first-order valence-corrected chi connectivity index (χ1v) is 8.17. The molecule has 0 saturated heterocycles. The largest absolute Gasteiger partial charge is 0.478 e. The highest BCUT2D eigenvalue weighted by molar-refractivity contribution is 6.02. The summed E-state index contributed by atoms with van der Waals surface area (Å²) in [6.45, 7) is 0. The predicted molar refractivity (Wildman–Crippen MR) is 100 cm³/mol. The van der Waals surface area contributed by atoms with Crippen LogP contribution in [0.4, 0.5) is 0 Å². The third-order valence-electron chi connectivity index (χ3n) is 4.17. The van der Waals surface area contributed by atoms with Gasteiger partial charge in [-0.3, -0.25) is 4.79 Å². The monoisotopic (exact) mass is 375 g/mol. The number of carboxylic acid groups (broad SMARTS) is 1. The number of imidazole rings is 1. The molecular formula is C19H13N5O4. The van der Waals surface area contributed by atoms with Crippen LogP contribution in [0, 0.1) is 0 Å². The minimum atomic E-state index is -1.07. The van der Waals surface area contributed by atoms with Crippen molar-refractivity contribution in [3.63, 3.8) is 0 Å². The summed E-state index contributed by atoms with van der Waals surface area (Å²) in [7, 11) is 0. The molecule has 9 heteroatoms. The predicted octanol–water partition coefficient (Wildman–Crippen LogP) is 1.57. The van der Waals surface area contributed by atoms with Crippen LogP contribution < -0.4 is 11.4 Å². The molecule has 0 aliphatic carbocycles. The highest BCUT2D eigenvalue weighted by atomic mass is 16.4. The molecule has 4 aromatic rings. The van der Waals surface area contributed by atoms with E-state index in [0.29, 0.717) is 11.3 Å². The quantitative estimate of drug-likeness (QED) is 0.494. The maximum Gasteiger partial charge on any atom is 0.335 e. The summed E-state index contributed by atoms with van der Waals surface area (Å²) >= 11 is 0. The van der Waals surface area contributed by atoms with Crippen LogP contribution in [0.5, 0.6) is 0 Å². The highest BCUT2D eigenvalue weighted by Crippen LogP contribution is 2.22. The fourth-order valence-electron chi connectivity index (χ4n) is 2.87. The normalized spacial score (nSPS) is 10.9. The van der Waals surface area contributed by atoms with Crippen molar-refractivity contribution >= 4 is 23.0 Å². The summed E-state index contributed by atoms with van der Waals surface area (Å²) in [6, 6.07) is 14.6. The van der Waals surface area contributed by atoms with E-state index in [0.717, 1.165) is 0 Å². The molecule has 2 aromatic heterocycles. The fourth-order valence-corrected chi connectivity index (χ4v) is 2.87. The van der Waals surface area contributed by atoms with Crippen LogP contribution in [0.15, 0.2) is 59.4 Å². The summed E-state index contributed by atoms with van der Waals surface area (Å²) < 4.78 is 1.32. The number of hydrogen-bond acceptors (Lipinski definition) is 5. The second kappa shape index (κ2) is 6.47. The van der Waals surface area contributed by atoms with E-state index < -0.39 is 17.6 Å². The molecule has 0 saturated carbocycles. The smallest absolute Gasteiger partial charge is 0.335 e. The number of primary amides is 1. The number of aromatic carboxylic acids is 1. The molecule has 0 aliphatic heterocycles.